The van der Waals surface area contributed by atoms with E-state index >= 15 is 0 Å². The summed E-state index contributed by atoms with van der Waals surface area (Å²) in [6.45, 7) is 6.17. The first kappa shape index (κ1) is 15.7. The van der Waals surface area contributed by atoms with Gasteiger partial charge < -0.3 is 4.52 Å². The van der Waals surface area contributed by atoms with Crippen LogP contribution in [0.1, 0.15) is 22.2 Å². The van der Waals surface area contributed by atoms with E-state index in [1.54, 1.807) is 34.4 Å². The van der Waals surface area contributed by atoms with Gasteiger partial charge in [0.05, 0.1) is 5.75 Å². The lowest BCUT2D eigenvalue weighted by atomic mass is 10.2. The predicted molar refractivity (Wildman–Crippen MR) is 98.8 cm³/mol. The topological polar surface area (TPSA) is 64.7 Å². The van der Waals surface area contributed by atoms with Gasteiger partial charge in [-0.25, -0.2) is 9.97 Å². The van der Waals surface area contributed by atoms with Crippen LogP contribution in [0.4, 0.5) is 0 Å². The van der Waals surface area contributed by atoms with Crippen LogP contribution < -0.4 is 0 Å². The molecule has 5 nitrogen and oxygen atoms in total. The van der Waals surface area contributed by atoms with Crippen LogP contribution in [0.15, 0.2) is 26.4 Å². The molecule has 0 aromatic carbocycles. The molecule has 0 bridgehead atoms. The van der Waals surface area contributed by atoms with Crippen molar-refractivity contribution in [2.75, 3.05) is 0 Å². The second-order valence-corrected chi connectivity index (χ2v) is 8.30. The van der Waals surface area contributed by atoms with Crippen LogP contribution in [-0.2, 0) is 5.75 Å². The minimum absolute atomic E-state index is 0.594. The summed E-state index contributed by atoms with van der Waals surface area (Å²) in [5.41, 5.74) is 2.24. The zero-order valence-electron chi connectivity index (χ0n) is 13.4. The summed E-state index contributed by atoms with van der Waals surface area (Å²) in [5, 5.41) is 10.2. The third-order valence-corrected chi connectivity index (χ3v) is 6.43. The van der Waals surface area contributed by atoms with Gasteiger partial charge in [-0.1, -0.05) is 16.9 Å². The van der Waals surface area contributed by atoms with Crippen molar-refractivity contribution in [3.05, 3.63) is 39.0 Å². The van der Waals surface area contributed by atoms with E-state index in [0.717, 1.165) is 26.6 Å². The highest BCUT2D eigenvalue weighted by Gasteiger charge is 2.16. The summed E-state index contributed by atoms with van der Waals surface area (Å²) in [6.07, 6.45) is 0. The molecule has 0 spiro atoms. The van der Waals surface area contributed by atoms with E-state index in [9.17, 15) is 0 Å². The SMILES string of the molecule is Cc1nc(SCc2nc(-c3ccsc3)no2)c2c(C)c(C)sc2n1. The molecule has 0 saturated heterocycles. The molecule has 4 heterocycles. The molecule has 0 amide bonds. The summed E-state index contributed by atoms with van der Waals surface area (Å²) >= 11 is 4.95. The lowest BCUT2D eigenvalue weighted by Crippen LogP contribution is -1.92. The molecule has 0 aliphatic carbocycles. The standard InChI is InChI=1S/C16H14N4OS3/c1-8-9(2)24-16-13(8)15(17-10(3)18-16)23-7-12-19-14(20-21-12)11-4-5-22-6-11/h4-6H,7H2,1-3H3. The van der Waals surface area contributed by atoms with Crippen molar-refractivity contribution >= 4 is 44.7 Å². The van der Waals surface area contributed by atoms with Crippen LogP contribution in [-0.4, -0.2) is 20.1 Å². The molecular weight excluding hydrogens is 360 g/mol. The van der Waals surface area contributed by atoms with Crippen molar-refractivity contribution in [1.29, 1.82) is 0 Å². The molecule has 4 aromatic rings. The Labute approximate surface area is 151 Å². The van der Waals surface area contributed by atoms with E-state index in [1.807, 2.05) is 23.8 Å². The van der Waals surface area contributed by atoms with E-state index in [4.69, 9.17) is 4.52 Å². The van der Waals surface area contributed by atoms with Gasteiger partial charge in [-0.2, -0.15) is 16.3 Å². The number of aryl methyl sites for hydroxylation is 3. The molecule has 8 heteroatoms. The van der Waals surface area contributed by atoms with Crippen LogP contribution in [0.25, 0.3) is 21.6 Å². The second-order valence-electron chi connectivity index (χ2n) is 5.35. The Morgan fingerprint density at radius 2 is 2.04 bits per heavy atom. The van der Waals surface area contributed by atoms with Gasteiger partial charge in [0.1, 0.15) is 15.7 Å². The number of hydrogen-bond donors (Lipinski definition) is 0. The molecule has 4 rings (SSSR count). The van der Waals surface area contributed by atoms with Crippen molar-refractivity contribution in [1.82, 2.24) is 20.1 Å². The van der Waals surface area contributed by atoms with Gasteiger partial charge in [-0.15, -0.1) is 11.3 Å². The zero-order valence-corrected chi connectivity index (χ0v) is 15.8. The van der Waals surface area contributed by atoms with E-state index in [0.29, 0.717) is 17.5 Å². The quantitative estimate of drug-likeness (QED) is 0.369. The summed E-state index contributed by atoms with van der Waals surface area (Å²) in [5.74, 6) is 2.63. The molecule has 122 valence electrons. The first-order chi connectivity index (χ1) is 11.6. The summed E-state index contributed by atoms with van der Waals surface area (Å²) in [6, 6.07) is 1.99. The van der Waals surface area contributed by atoms with Gasteiger partial charge in [0.2, 0.25) is 11.7 Å². The van der Waals surface area contributed by atoms with Crippen LogP contribution in [0.3, 0.4) is 0 Å². The third kappa shape index (κ3) is 2.85. The first-order valence-electron chi connectivity index (χ1n) is 7.34. The fourth-order valence-electron chi connectivity index (χ4n) is 2.37. The van der Waals surface area contributed by atoms with E-state index in [2.05, 4.69) is 34.0 Å². The first-order valence-corrected chi connectivity index (χ1v) is 10.1. The molecular formula is C16H14N4OS3. The number of thioether (sulfide) groups is 1. The van der Waals surface area contributed by atoms with Gasteiger partial charge in [-0.05, 0) is 37.8 Å². The minimum atomic E-state index is 0.594. The van der Waals surface area contributed by atoms with E-state index in [1.165, 1.54) is 10.4 Å². The van der Waals surface area contributed by atoms with Gasteiger partial charge >= 0.3 is 0 Å². The normalized spacial score (nSPS) is 11.5. The van der Waals surface area contributed by atoms with Gasteiger partial charge in [-0.3, -0.25) is 0 Å². The number of aromatic nitrogens is 4. The lowest BCUT2D eigenvalue weighted by molar-refractivity contribution is 0.391. The maximum atomic E-state index is 5.37. The van der Waals surface area contributed by atoms with Gasteiger partial charge in [0.25, 0.3) is 0 Å². The molecule has 0 atom stereocenters. The Balaban J connectivity index is 1.61. The Morgan fingerprint density at radius 1 is 1.17 bits per heavy atom. The summed E-state index contributed by atoms with van der Waals surface area (Å²) in [7, 11) is 0. The highest BCUT2D eigenvalue weighted by molar-refractivity contribution is 7.98. The molecule has 0 aliphatic heterocycles. The molecule has 0 N–H and O–H groups in total. The Bertz CT molecular complexity index is 1000. The van der Waals surface area contributed by atoms with Crippen LogP contribution in [0.5, 0.6) is 0 Å². The predicted octanol–water partition coefficient (Wildman–Crippen LogP) is 5.02. The lowest BCUT2D eigenvalue weighted by Gasteiger charge is -2.03. The summed E-state index contributed by atoms with van der Waals surface area (Å²) in [4.78, 5) is 16.0. The average Bonchev–Trinajstić information content (AvgIpc) is 3.26. The molecule has 0 unspecified atom stereocenters. The summed E-state index contributed by atoms with van der Waals surface area (Å²) < 4.78 is 5.37. The van der Waals surface area contributed by atoms with Crippen LogP contribution >= 0.6 is 34.4 Å². The maximum Gasteiger partial charge on any atom is 0.237 e. The van der Waals surface area contributed by atoms with Crippen molar-refractivity contribution in [3.8, 4) is 11.4 Å². The van der Waals surface area contributed by atoms with Crippen LogP contribution in [0, 0.1) is 20.8 Å². The maximum absolute atomic E-state index is 5.37. The zero-order chi connectivity index (χ0) is 16.7. The molecule has 0 aliphatic rings. The van der Waals surface area contributed by atoms with E-state index < -0.39 is 0 Å². The number of hydrogen-bond acceptors (Lipinski definition) is 8. The van der Waals surface area contributed by atoms with Crippen molar-refractivity contribution in [3.63, 3.8) is 0 Å². The van der Waals surface area contributed by atoms with Crippen molar-refractivity contribution in [2.24, 2.45) is 0 Å². The highest BCUT2D eigenvalue weighted by Crippen LogP contribution is 2.36. The average molecular weight is 375 g/mol. The van der Waals surface area contributed by atoms with Gasteiger partial charge in [0, 0.05) is 21.2 Å². The molecule has 4 aromatic heterocycles. The monoisotopic (exact) mass is 374 g/mol. The second kappa shape index (κ2) is 6.27. The number of rotatable bonds is 4. The Morgan fingerprint density at radius 3 is 2.83 bits per heavy atom. The third-order valence-electron chi connectivity index (χ3n) is 3.69. The number of nitrogens with zero attached hydrogens (tertiary/aromatic N) is 4. The number of fused-ring (bicyclic) bond motifs is 1. The molecule has 0 radical (unpaired) electrons. The largest absolute Gasteiger partial charge is 0.338 e. The fourth-order valence-corrected chi connectivity index (χ4v) is 5.11. The fraction of sp³-hybridized carbons (Fsp3) is 0.250. The minimum Gasteiger partial charge on any atom is -0.338 e. The molecule has 0 fully saturated rings. The van der Waals surface area contributed by atoms with Crippen molar-refractivity contribution < 1.29 is 4.52 Å². The highest BCUT2D eigenvalue weighted by atomic mass is 32.2. The molecule has 24 heavy (non-hydrogen) atoms. The smallest absolute Gasteiger partial charge is 0.237 e. The Hall–Kier alpha value is -1.77. The van der Waals surface area contributed by atoms with E-state index in [-0.39, 0.29) is 0 Å². The van der Waals surface area contributed by atoms with Crippen LogP contribution in [0.2, 0.25) is 0 Å². The molecule has 0 saturated carbocycles. The Kier molecular flexibility index (Phi) is 4.11. The van der Waals surface area contributed by atoms with Crippen molar-refractivity contribution in [2.45, 2.75) is 31.6 Å². The van der Waals surface area contributed by atoms with Gasteiger partial charge in [0.15, 0.2) is 0 Å². The number of thiophene rings is 2.